The largest absolute Gasteiger partial charge is 0.333 e. The molecular formula is C20H22N4OS. The number of nitrogens with zero attached hydrogens (tertiary/aromatic N) is 3. The van der Waals surface area contributed by atoms with Gasteiger partial charge >= 0.3 is 0 Å². The average molecular weight is 366 g/mol. The maximum atomic E-state index is 13.1. The molecule has 0 saturated heterocycles. The van der Waals surface area contributed by atoms with E-state index in [0.29, 0.717) is 18.2 Å². The Morgan fingerprint density at radius 2 is 1.58 bits per heavy atom. The van der Waals surface area contributed by atoms with Crippen LogP contribution in [-0.2, 0) is 17.9 Å². The number of benzene rings is 2. The minimum absolute atomic E-state index is 0.0742. The Labute approximate surface area is 157 Å². The monoisotopic (exact) mass is 366 g/mol. The fourth-order valence-corrected chi connectivity index (χ4v) is 3.51. The van der Waals surface area contributed by atoms with E-state index in [1.165, 1.54) is 11.8 Å². The lowest BCUT2D eigenvalue weighted by atomic mass is 10.1. The summed E-state index contributed by atoms with van der Waals surface area (Å²) in [7, 11) is 0. The molecule has 3 aromatic rings. The van der Waals surface area contributed by atoms with Crippen LogP contribution in [0.15, 0.2) is 65.8 Å². The van der Waals surface area contributed by atoms with Gasteiger partial charge in [-0.25, -0.2) is 4.98 Å². The first-order chi connectivity index (χ1) is 12.6. The highest BCUT2D eigenvalue weighted by Crippen LogP contribution is 2.22. The summed E-state index contributed by atoms with van der Waals surface area (Å²) in [6.07, 6.45) is 0. The van der Waals surface area contributed by atoms with Gasteiger partial charge in [0, 0.05) is 13.1 Å². The molecule has 0 bridgehead atoms. The Hall–Kier alpha value is -2.60. The number of carbonyl (C=O) groups excluding carboxylic acids is 1. The predicted molar refractivity (Wildman–Crippen MR) is 104 cm³/mol. The molecule has 1 aromatic heterocycles. The third kappa shape index (κ3) is 4.95. The zero-order valence-corrected chi connectivity index (χ0v) is 15.7. The molecule has 6 heteroatoms. The van der Waals surface area contributed by atoms with Crippen LogP contribution >= 0.6 is 11.8 Å². The average Bonchev–Trinajstić information content (AvgIpc) is 3.07. The van der Waals surface area contributed by atoms with Crippen molar-refractivity contribution in [2.75, 3.05) is 0 Å². The zero-order chi connectivity index (χ0) is 18.4. The van der Waals surface area contributed by atoms with Crippen molar-refractivity contribution in [1.29, 1.82) is 0 Å². The van der Waals surface area contributed by atoms with Crippen molar-refractivity contribution in [1.82, 2.24) is 20.1 Å². The molecule has 0 spiro atoms. The first-order valence-corrected chi connectivity index (χ1v) is 9.42. The van der Waals surface area contributed by atoms with Crippen LogP contribution in [-0.4, -0.2) is 31.2 Å². The van der Waals surface area contributed by atoms with E-state index >= 15 is 0 Å². The van der Waals surface area contributed by atoms with Gasteiger partial charge in [0.1, 0.15) is 5.82 Å². The summed E-state index contributed by atoms with van der Waals surface area (Å²) < 4.78 is 0. The van der Waals surface area contributed by atoms with Crippen LogP contribution in [0, 0.1) is 6.92 Å². The molecule has 1 heterocycles. The minimum Gasteiger partial charge on any atom is -0.333 e. The Bertz CT molecular complexity index is 794. The van der Waals surface area contributed by atoms with Crippen LogP contribution in [0.4, 0.5) is 0 Å². The zero-order valence-electron chi connectivity index (χ0n) is 14.9. The van der Waals surface area contributed by atoms with Crippen molar-refractivity contribution >= 4 is 17.7 Å². The lowest BCUT2D eigenvalue weighted by Gasteiger charge is -2.25. The van der Waals surface area contributed by atoms with Gasteiger partial charge in [0.2, 0.25) is 11.1 Å². The molecule has 3 rings (SSSR count). The maximum absolute atomic E-state index is 13.1. The molecule has 5 nitrogen and oxygen atoms in total. The molecule has 0 aliphatic rings. The number of aryl methyl sites for hydroxylation is 1. The molecule has 1 N–H and O–H groups in total. The number of thioether (sulfide) groups is 1. The van der Waals surface area contributed by atoms with Crippen molar-refractivity contribution in [3.05, 3.63) is 77.6 Å². The molecule has 0 aliphatic carbocycles. The molecule has 134 valence electrons. The first-order valence-electron chi connectivity index (χ1n) is 8.54. The van der Waals surface area contributed by atoms with Crippen LogP contribution in [0.25, 0.3) is 0 Å². The van der Waals surface area contributed by atoms with E-state index in [1.807, 2.05) is 79.4 Å². The number of amides is 1. The summed E-state index contributed by atoms with van der Waals surface area (Å²) in [5.74, 6) is 0.822. The van der Waals surface area contributed by atoms with Gasteiger partial charge < -0.3 is 4.90 Å². The smallest absolute Gasteiger partial charge is 0.236 e. The number of hydrogen-bond donors (Lipinski definition) is 1. The van der Waals surface area contributed by atoms with Gasteiger partial charge in [-0.05, 0) is 25.0 Å². The van der Waals surface area contributed by atoms with Crippen LogP contribution < -0.4 is 0 Å². The lowest BCUT2D eigenvalue weighted by molar-refractivity contribution is -0.131. The molecular weight excluding hydrogens is 344 g/mol. The number of carbonyl (C=O) groups is 1. The van der Waals surface area contributed by atoms with Crippen molar-refractivity contribution in [3.8, 4) is 0 Å². The quantitative estimate of drug-likeness (QED) is 0.646. The van der Waals surface area contributed by atoms with Crippen molar-refractivity contribution in [2.45, 2.75) is 37.3 Å². The van der Waals surface area contributed by atoms with Gasteiger partial charge in [-0.2, -0.15) is 0 Å². The second-order valence-corrected chi connectivity index (χ2v) is 7.44. The molecule has 2 aromatic carbocycles. The molecule has 0 radical (unpaired) electrons. The van der Waals surface area contributed by atoms with Gasteiger partial charge in [0.15, 0.2) is 0 Å². The van der Waals surface area contributed by atoms with Crippen molar-refractivity contribution in [2.24, 2.45) is 0 Å². The number of hydrogen-bond acceptors (Lipinski definition) is 4. The van der Waals surface area contributed by atoms with Gasteiger partial charge in [-0.1, -0.05) is 72.4 Å². The molecule has 0 saturated carbocycles. The highest BCUT2D eigenvalue weighted by atomic mass is 32.2. The van der Waals surface area contributed by atoms with Gasteiger partial charge in [0.05, 0.1) is 5.25 Å². The fraction of sp³-hybridized carbons (Fsp3) is 0.250. The number of aromatic nitrogens is 3. The molecule has 0 unspecified atom stereocenters. The van der Waals surface area contributed by atoms with Gasteiger partial charge in [0.25, 0.3) is 0 Å². The predicted octanol–water partition coefficient (Wildman–Crippen LogP) is 3.82. The highest BCUT2D eigenvalue weighted by molar-refractivity contribution is 8.00. The van der Waals surface area contributed by atoms with Crippen molar-refractivity contribution < 1.29 is 4.79 Å². The summed E-state index contributed by atoms with van der Waals surface area (Å²) in [6.45, 7) is 4.90. The molecule has 1 atom stereocenters. The number of nitrogens with one attached hydrogen (secondary N) is 1. The van der Waals surface area contributed by atoms with E-state index in [2.05, 4.69) is 15.2 Å². The first kappa shape index (κ1) is 18.2. The Morgan fingerprint density at radius 1 is 1.04 bits per heavy atom. The summed E-state index contributed by atoms with van der Waals surface area (Å²) in [4.78, 5) is 19.3. The summed E-state index contributed by atoms with van der Waals surface area (Å²) >= 11 is 1.38. The van der Waals surface area contributed by atoms with Gasteiger partial charge in [-0.15, -0.1) is 5.10 Å². The second-order valence-electron chi connectivity index (χ2n) is 6.13. The van der Waals surface area contributed by atoms with E-state index < -0.39 is 0 Å². The van der Waals surface area contributed by atoms with E-state index in [-0.39, 0.29) is 11.2 Å². The summed E-state index contributed by atoms with van der Waals surface area (Å²) in [5.41, 5.74) is 2.23. The number of H-pyrrole nitrogens is 1. The second kappa shape index (κ2) is 8.67. The molecule has 0 fully saturated rings. The third-order valence-corrected chi connectivity index (χ3v) is 4.90. The SMILES string of the molecule is Cc1nc(S[C@@H](C)C(=O)N(Cc2ccccc2)Cc2ccccc2)n[nH]1. The summed E-state index contributed by atoms with van der Waals surface area (Å²) in [5, 5.41) is 7.27. The maximum Gasteiger partial charge on any atom is 0.236 e. The Morgan fingerprint density at radius 3 is 2.04 bits per heavy atom. The number of rotatable bonds is 7. The van der Waals surface area contributed by atoms with Crippen LogP contribution in [0.2, 0.25) is 0 Å². The van der Waals surface area contributed by atoms with E-state index in [4.69, 9.17) is 0 Å². The topological polar surface area (TPSA) is 61.9 Å². The minimum atomic E-state index is -0.266. The van der Waals surface area contributed by atoms with E-state index in [9.17, 15) is 4.79 Å². The third-order valence-electron chi connectivity index (χ3n) is 3.95. The summed E-state index contributed by atoms with van der Waals surface area (Å²) in [6, 6.07) is 20.1. The molecule has 1 amide bonds. The lowest BCUT2D eigenvalue weighted by Crippen LogP contribution is -2.35. The molecule has 0 aliphatic heterocycles. The normalized spacial score (nSPS) is 11.9. The highest BCUT2D eigenvalue weighted by Gasteiger charge is 2.23. The Kier molecular flexibility index (Phi) is 6.07. The van der Waals surface area contributed by atoms with E-state index in [1.54, 1.807) is 0 Å². The Balaban J connectivity index is 1.75. The number of aromatic amines is 1. The fourth-order valence-electron chi connectivity index (χ4n) is 2.66. The van der Waals surface area contributed by atoms with E-state index in [0.717, 1.165) is 17.0 Å². The molecule has 26 heavy (non-hydrogen) atoms. The van der Waals surface area contributed by atoms with Crippen molar-refractivity contribution in [3.63, 3.8) is 0 Å². The standard InChI is InChI=1S/C20H22N4OS/c1-15(26-20-21-16(2)22-23-20)19(25)24(13-17-9-5-3-6-10-17)14-18-11-7-4-8-12-18/h3-12,15H,13-14H2,1-2H3,(H,21,22,23)/t15-/m0/s1. The van der Waals surface area contributed by atoms with Crippen LogP contribution in [0.3, 0.4) is 0 Å². The van der Waals surface area contributed by atoms with Crippen LogP contribution in [0.1, 0.15) is 23.9 Å². The van der Waals surface area contributed by atoms with Crippen LogP contribution in [0.5, 0.6) is 0 Å². The van der Waals surface area contributed by atoms with Gasteiger partial charge in [-0.3, -0.25) is 9.89 Å².